The molecule has 0 unspecified atom stereocenters. The monoisotopic (exact) mass is 300 g/mol. The molecule has 21 heavy (non-hydrogen) atoms. The predicted octanol–water partition coefficient (Wildman–Crippen LogP) is 2.60. The van der Waals surface area contributed by atoms with Gasteiger partial charge in [0.05, 0.1) is 11.3 Å². The van der Waals surface area contributed by atoms with Crippen LogP contribution < -0.4 is 10.6 Å². The van der Waals surface area contributed by atoms with E-state index in [-0.39, 0.29) is 19.4 Å². The molecule has 0 bridgehead atoms. The van der Waals surface area contributed by atoms with Gasteiger partial charge in [-0.2, -0.15) is 13.2 Å². The zero-order chi connectivity index (χ0) is 15.6. The first-order valence-electron chi connectivity index (χ1n) is 6.60. The number of rotatable bonds is 2. The van der Waals surface area contributed by atoms with Gasteiger partial charge in [-0.05, 0) is 30.5 Å². The fourth-order valence-electron chi connectivity index (χ4n) is 2.32. The van der Waals surface area contributed by atoms with Crippen molar-refractivity contribution in [2.45, 2.75) is 38.4 Å². The SMILES string of the molecule is NCc1ccc(N2C(=O)CCCCC2=O)c(C(F)(F)F)c1. The van der Waals surface area contributed by atoms with Crippen molar-refractivity contribution >= 4 is 17.5 Å². The van der Waals surface area contributed by atoms with Crippen molar-refractivity contribution in [3.63, 3.8) is 0 Å². The Kier molecular flexibility index (Phi) is 4.32. The summed E-state index contributed by atoms with van der Waals surface area (Å²) in [5.41, 5.74) is 4.24. The largest absolute Gasteiger partial charge is 0.418 e. The average molecular weight is 300 g/mol. The molecule has 1 heterocycles. The van der Waals surface area contributed by atoms with E-state index in [1.165, 1.54) is 6.07 Å². The van der Waals surface area contributed by atoms with Crippen molar-refractivity contribution in [3.8, 4) is 0 Å². The maximum Gasteiger partial charge on any atom is 0.418 e. The first-order chi connectivity index (χ1) is 9.84. The minimum absolute atomic E-state index is 0.0503. The van der Waals surface area contributed by atoms with Crippen LogP contribution in [0.5, 0.6) is 0 Å². The number of carbonyl (C=O) groups is 2. The second-order valence-electron chi connectivity index (χ2n) is 4.88. The molecule has 0 aliphatic carbocycles. The minimum atomic E-state index is -4.66. The summed E-state index contributed by atoms with van der Waals surface area (Å²) in [6, 6.07) is 3.43. The fourth-order valence-corrected chi connectivity index (χ4v) is 2.32. The zero-order valence-electron chi connectivity index (χ0n) is 11.2. The highest BCUT2D eigenvalue weighted by Crippen LogP contribution is 2.38. The molecule has 1 aromatic carbocycles. The van der Waals surface area contributed by atoms with Crippen LogP contribution in [0.3, 0.4) is 0 Å². The second-order valence-corrected chi connectivity index (χ2v) is 4.88. The number of halogens is 3. The van der Waals surface area contributed by atoms with Gasteiger partial charge in [0.15, 0.2) is 0 Å². The Morgan fingerprint density at radius 1 is 1.10 bits per heavy atom. The van der Waals surface area contributed by atoms with Crippen molar-refractivity contribution in [1.29, 1.82) is 0 Å². The summed E-state index contributed by atoms with van der Waals surface area (Å²) >= 11 is 0. The van der Waals surface area contributed by atoms with Gasteiger partial charge in [0, 0.05) is 19.4 Å². The van der Waals surface area contributed by atoms with Crippen LogP contribution in [-0.2, 0) is 22.3 Å². The number of hydrogen-bond donors (Lipinski definition) is 1. The number of nitrogens with zero attached hydrogens (tertiary/aromatic N) is 1. The molecule has 4 nitrogen and oxygen atoms in total. The average Bonchev–Trinajstić information content (AvgIpc) is 2.58. The fraction of sp³-hybridized carbons (Fsp3) is 0.429. The maximum absolute atomic E-state index is 13.2. The lowest BCUT2D eigenvalue weighted by molar-refractivity contribution is -0.137. The summed E-state index contributed by atoms with van der Waals surface area (Å²) in [5, 5.41) is 0. The molecule has 1 aromatic rings. The van der Waals surface area contributed by atoms with Crippen molar-refractivity contribution in [2.75, 3.05) is 4.90 Å². The summed E-state index contributed by atoms with van der Waals surface area (Å²) in [4.78, 5) is 24.6. The predicted molar refractivity (Wildman–Crippen MR) is 70.3 cm³/mol. The highest BCUT2D eigenvalue weighted by molar-refractivity contribution is 6.15. The van der Waals surface area contributed by atoms with Crippen molar-refractivity contribution in [2.24, 2.45) is 5.73 Å². The molecule has 7 heteroatoms. The van der Waals surface area contributed by atoms with Crippen LogP contribution >= 0.6 is 0 Å². The van der Waals surface area contributed by atoms with Crippen LogP contribution in [0.1, 0.15) is 36.8 Å². The molecular weight excluding hydrogens is 285 g/mol. The van der Waals surface area contributed by atoms with Crippen LogP contribution in [0.25, 0.3) is 0 Å². The lowest BCUT2D eigenvalue weighted by Gasteiger charge is -2.23. The highest BCUT2D eigenvalue weighted by Gasteiger charge is 2.38. The Bertz CT molecular complexity index is 552. The third kappa shape index (κ3) is 3.24. The molecule has 1 aliphatic heterocycles. The van der Waals surface area contributed by atoms with Gasteiger partial charge < -0.3 is 5.73 Å². The highest BCUT2D eigenvalue weighted by atomic mass is 19.4. The first kappa shape index (κ1) is 15.5. The van der Waals surface area contributed by atoms with Gasteiger partial charge in [-0.3, -0.25) is 9.59 Å². The van der Waals surface area contributed by atoms with E-state index in [2.05, 4.69) is 0 Å². The molecule has 0 radical (unpaired) electrons. The molecule has 0 spiro atoms. The molecule has 1 aliphatic rings. The maximum atomic E-state index is 13.2. The van der Waals surface area contributed by atoms with Gasteiger partial charge in [-0.25, -0.2) is 4.90 Å². The second kappa shape index (κ2) is 5.85. The molecule has 0 aromatic heterocycles. The summed E-state index contributed by atoms with van der Waals surface area (Å²) in [6.45, 7) is -0.0503. The van der Waals surface area contributed by atoms with Crippen molar-refractivity contribution < 1.29 is 22.8 Å². The van der Waals surface area contributed by atoms with Gasteiger partial charge >= 0.3 is 6.18 Å². The summed E-state index contributed by atoms with van der Waals surface area (Å²) in [5.74, 6) is -1.19. The first-order valence-corrected chi connectivity index (χ1v) is 6.60. The van der Waals surface area contributed by atoms with E-state index in [0.29, 0.717) is 23.3 Å². The molecule has 0 atom stereocenters. The molecule has 2 rings (SSSR count). The van der Waals surface area contributed by atoms with Crippen LogP contribution in [0, 0.1) is 0 Å². The van der Waals surface area contributed by atoms with Crippen molar-refractivity contribution in [3.05, 3.63) is 29.3 Å². The molecule has 0 saturated carbocycles. The van der Waals surface area contributed by atoms with E-state index in [1.54, 1.807) is 0 Å². The topological polar surface area (TPSA) is 63.4 Å². The standard InChI is InChI=1S/C14H15F3N2O2/c15-14(16,17)10-7-9(8-18)5-6-11(10)19-12(20)3-1-2-4-13(19)21/h5-7H,1-4,8,18H2. The summed E-state index contributed by atoms with van der Waals surface area (Å²) in [6.07, 6.45) is -3.51. The van der Waals surface area contributed by atoms with E-state index >= 15 is 0 Å². The number of anilines is 1. The van der Waals surface area contributed by atoms with Gasteiger partial charge in [0.25, 0.3) is 0 Å². The minimum Gasteiger partial charge on any atom is -0.326 e. The van der Waals surface area contributed by atoms with Crippen LogP contribution in [0.4, 0.5) is 18.9 Å². The number of nitrogens with two attached hydrogens (primary N) is 1. The van der Waals surface area contributed by atoms with Crippen LogP contribution in [0.15, 0.2) is 18.2 Å². The van der Waals surface area contributed by atoms with Gasteiger partial charge in [0.1, 0.15) is 0 Å². The molecule has 1 saturated heterocycles. The Morgan fingerprint density at radius 3 is 2.14 bits per heavy atom. The number of hydrogen-bond acceptors (Lipinski definition) is 3. The van der Waals surface area contributed by atoms with Gasteiger partial charge in [-0.1, -0.05) is 6.07 Å². The summed E-state index contributed by atoms with van der Waals surface area (Å²) < 4.78 is 39.6. The number of alkyl halides is 3. The lowest BCUT2D eigenvalue weighted by Crippen LogP contribution is -2.36. The number of benzene rings is 1. The van der Waals surface area contributed by atoms with Crippen molar-refractivity contribution in [1.82, 2.24) is 0 Å². The molecular formula is C14H15F3N2O2. The Balaban J connectivity index is 2.55. The number of carbonyl (C=O) groups excluding carboxylic acids is 2. The smallest absolute Gasteiger partial charge is 0.326 e. The number of imide groups is 1. The molecule has 2 N–H and O–H groups in total. The van der Waals surface area contributed by atoms with Gasteiger partial charge in [-0.15, -0.1) is 0 Å². The summed E-state index contributed by atoms with van der Waals surface area (Å²) in [7, 11) is 0. The lowest BCUT2D eigenvalue weighted by atomic mass is 10.1. The van der Waals surface area contributed by atoms with E-state index in [9.17, 15) is 22.8 Å². The van der Waals surface area contributed by atoms with Gasteiger partial charge in [0.2, 0.25) is 11.8 Å². The normalized spacial score (nSPS) is 17.0. The molecule has 1 fully saturated rings. The Labute approximate surface area is 119 Å². The Morgan fingerprint density at radius 2 is 1.67 bits per heavy atom. The van der Waals surface area contributed by atoms with Crippen LogP contribution in [-0.4, -0.2) is 11.8 Å². The van der Waals surface area contributed by atoms with Crippen LogP contribution in [0.2, 0.25) is 0 Å². The van der Waals surface area contributed by atoms with E-state index in [4.69, 9.17) is 5.73 Å². The Hall–Kier alpha value is -1.89. The van der Waals surface area contributed by atoms with E-state index in [0.717, 1.165) is 12.1 Å². The quantitative estimate of drug-likeness (QED) is 0.854. The number of amides is 2. The molecule has 114 valence electrons. The van der Waals surface area contributed by atoms with E-state index in [1.807, 2.05) is 0 Å². The van der Waals surface area contributed by atoms with E-state index < -0.39 is 29.2 Å². The third-order valence-electron chi connectivity index (χ3n) is 3.37. The zero-order valence-corrected chi connectivity index (χ0v) is 11.2. The molecule has 2 amide bonds. The third-order valence-corrected chi connectivity index (χ3v) is 3.37.